The first-order chi connectivity index (χ1) is 10.1. The van der Waals surface area contributed by atoms with Crippen LogP contribution in [0.5, 0.6) is 5.75 Å². The number of fused-ring (bicyclic) bond motifs is 1. The van der Waals surface area contributed by atoms with Gasteiger partial charge in [0.05, 0.1) is 10.9 Å². The van der Waals surface area contributed by atoms with Gasteiger partial charge in [0, 0.05) is 5.56 Å². The van der Waals surface area contributed by atoms with Crippen LogP contribution in [0.2, 0.25) is 0 Å². The van der Waals surface area contributed by atoms with Crippen molar-refractivity contribution in [3.63, 3.8) is 0 Å². The predicted molar refractivity (Wildman–Crippen MR) is 79.7 cm³/mol. The number of benzene rings is 2. The maximum Gasteiger partial charge on any atom is 0.201 e. The summed E-state index contributed by atoms with van der Waals surface area (Å²) in [5, 5.41) is 9.60. The summed E-state index contributed by atoms with van der Waals surface area (Å²) in [7, 11) is 0. The number of carbonyl (C=O) groups excluding carboxylic acids is 1. The van der Waals surface area contributed by atoms with E-state index in [1.165, 1.54) is 18.4 Å². The van der Waals surface area contributed by atoms with Crippen LogP contribution in [0.4, 0.5) is 0 Å². The van der Waals surface area contributed by atoms with Gasteiger partial charge in [-0.25, -0.2) is 0 Å². The number of aldehydes is 1. The summed E-state index contributed by atoms with van der Waals surface area (Å²) < 4.78 is 5.48. The van der Waals surface area contributed by atoms with E-state index in [2.05, 4.69) is 0 Å². The second-order valence-corrected chi connectivity index (χ2v) is 4.81. The summed E-state index contributed by atoms with van der Waals surface area (Å²) in [5.41, 5.74) is 2.19. The van der Waals surface area contributed by atoms with E-state index in [4.69, 9.17) is 4.42 Å². The number of hydrogen-bond acceptors (Lipinski definition) is 4. The molecule has 0 atom stereocenters. The molecule has 0 bridgehead atoms. The Balaban J connectivity index is 2.36. The van der Waals surface area contributed by atoms with Gasteiger partial charge in [0.2, 0.25) is 5.43 Å². The Morgan fingerprint density at radius 3 is 2.48 bits per heavy atom. The van der Waals surface area contributed by atoms with E-state index in [0.717, 1.165) is 5.56 Å². The van der Waals surface area contributed by atoms with E-state index >= 15 is 0 Å². The van der Waals surface area contributed by atoms with Crippen molar-refractivity contribution in [3.8, 4) is 16.9 Å². The third kappa shape index (κ3) is 2.10. The van der Waals surface area contributed by atoms with Crippen molar-refractivity contribution in [3.05, 3.63) is 64.0 Å². The minimum Gasteiger partial charge on any atom is -0.508 e. The van der Waals surface area contributed by atoms with Crippen molar-refractivity contribution in [1.82, 2.24) is 0 Å². The van der Waals surface area contributed by atoms with Crippen LogP contribution in [0, 0.1) is 6.92 Å². The van der Waals surface area contributed by atoms with Crippen molar-refractivity contribution in [2.45, 2.75) is 6.92 Å². The lowest BCUT2D eigenvalue weighted by Crippen LogP contribution is -2.08. The molecule has 3 aromatic rings. The molecule has 3 rings (SSSR count). The molecule has 0 aliphatic carbocycles. The number of aromatic hydroxyl groups is 1. The van der Waals surface area contributed by atoms with E-state index in [1.807, 2.05) is 0 Å². The summed E-state index contributed by atoms with van der Waals surface area (Å²) in [6, 6.07) is 9.67. The highest BCUT2D eigenvalue weighted by Gasteiger charge is 2.14. The lowest BCUT2D eigenvalue weighted by Gasteiger charge is -2.06. The van der Waals surface area contributed by atoms with Gasteiger partial charge < -0.3 is 9.52 Å². The second-order valence-electron chi connectivity index (χ2n) is 4.81. The first-order valence-electron chi connectivity index (χ1n) is 6.41. The minimum atomic E-state index is -0.257. The van der Waals surface area contributed by atoms with Gasteiger partial charge in [-0.1, -0.05) is 18.2 Å². The zero-order valence-electron chi connectivity index (χ0n) is 11.3. The molecule has 1 aromatic heterocycles. The first-order valence-corrected chi connectivity index (χ1v) is 6.41. The fraction of sp³-hybridized carbons (Fsp3) is 0.0588. The van der Waals surface area contributed by atoms with Crippen molar-refractivity contribution < 1.29 is 14.3 Å². The third-order valence-electron chi connectivity index (χ3n) is 3.50. The van der Waals surface area contributed by atoms with E-state index in [1.54, 1.807) is 31.2 Å². The molecule has 0 saturated heterocycles. The molecule has 104 valence electrons. The standard InChI is InChI=1S/C17H12O4/c1-10-2-7-15-16(13(10)8-18)17(20)14(9-21-15)11-3-5-12(19)6-4-11/h2-9,19H,1H3. The number of phenolic OH excluding ortho intramolecular Hbond substituents is 1. The number of phenols is 1. The van der Waals surface area contributed by atoms with Crippen molar-refractivity contribution >= 4 is 17.3 Å². The first kappa shape index (κ1) is 13.1. The molecule has 0 saturated carbocycles. The maximum atomic E-state index is 12.7. The molecule has 21 heavy (non-hydrogen) atoms. The molecule has 1 heterocycles. The van der Waals surface area contributed by atoms with Gasteiger partial charge in [-0.15, -0.1) is 0 Å². The van der Waals surface area contributed by atoms with Crippen LogP contribution in [0.3, 0.4) is 0 Å². The molecule has 0 aliphatic rings. The topological polar surface area (TPSA) is 67.5 Å². The highest BCUT2D eigenvalue weighted by molar-refractivity contribution is 5.98. The van der Waals surface area contributed by atoms with Crippen LogP contribution in [0.25, 0.3) is 22.1 Å². The molecule has 0 fully saturated rings. The van der Waals surface area contributed by atoms with Crippen molar-refractivity contribution in [1.29, 1.82) is 0 Å². The van der Waals surface area contributed by atoms with Crippen LogP contribution < -0.4 is 5.43 Å². The molecule has 0 spiro atoms. The minimum absolute atomic E-state index is 0.119. The van der Waals surface area contributed by atoms with E-state index < -0.39 is 0 Å². The quantitative estimate of drug-likeness (QED) is 0.731. The van der Waals surface area contributed by atoms with Crippen LogP contribution in [0.15, 0.2) is 51.9 Å². The normalized spacial score (nSPS) is 10.7. The number of hydrogen-bond donors (Lipinski definition) is 1. The Bertz CT molecular complexity index is 889. The average Bonchev–Trinajstić information content (AvgIpc) is 2.49. The zero-order chi connectivity index (χ0) is 15.0. The molecule has 4 nitrogen and oxygen atoms in total. The largest absolute Gasteiger partial charge is 0.508 e. The molecule has 0 radical (unpaired) electrons. The van der Waals surface area contributed by atoms with Gasteiger partial charge in [-0.3, -0.25) is 9.59 Å². The van der Waals surface area contributed by atoms with Gasteiger partial charge in [0.1, 0.15) is 17.6 Å². The van der Waals surface area contributed by atoms with Crippen molar-refractivity contribution in [2.75, 3.05) is 0 Å². The molecule has 2 aromatic carbocycles. The molecular formula is C17H12O4. The summed E-state index contributed by atoms with van der Waals surface area (Å²) in [6.45, 7) is 1.77. The monoisotopic (exact) mass is 280 g/mol. The van der Waals surface area contributed by atoms with Gasteiger partial charge in [0.15, 0.2) is 6.29 Å². The molecule has 4 heteroatoms. The Kier molecular flexibility index (Phi) is 3.06. The number of aryl methyl sites for hydroxylation is 1. The predicted octanol–water partition coefficient (Wildman–Crippen LogP) is 3.29. The van der Waals surface area contributed by atoms with Gasteiger partial charge >= 0.3 is 0 Å². The number of carbonyl (C=O) groups is 1. The lowest BCUT2D eigenvalue weighted by atomic mass is 10.0. The van der Waals surface area contributed by atoms with Gasteiger partial charge in [0.25, 0.3) is 0 Å². The fourth-order valence-electron chi connectivity index (χ4n) is 2.34. The SMILES string of the molecule is Cc1ccc2occ(-c3ccc(O)cc3)c(=O)c2c1C=O. The molecule has 1 N–H and O–H groups in total. The Morgan fingerprint density at radius 1 is 1.10 bits per heavy atom. The second kappa shape index (κ2) is 4.90. The summed E-state index contributed by atoms with van der Waals surface area (Å²) in [6.07, 6.45) is 2.05. The van der Waals surface area contributed by atoms with Gasteiger partial charge in [-0.2, -0.15) is 0 Å². The van der Waals surface area contributed by atoms with Crippen LogP contribution in [-0.4, -0.2) is 11.4 Å². The van der Waals surface area contributed by atoms with Crippen molar-refractivity contribution in [2.24, 2.45) is 0 Å². The summed E-state index contributed by atoms with van der Waals surface area (Å²) in [5.74, 6) is 0.119. The van der Waals surface area contributed by atoms with Crippen LogP contribution in [0.1, 0.15) is 15.9 Å². The van der Waals surface area contributed by atoms with E-state index in [9.17, 15) is 14.7 Å². The number of rotatable bonds is 2. The smallest absolute Gasteiger partial charge is 0.201 e. The zero-order valence-corrected chi connectivity index (χ0v) is 11.3. The Labute approximate surface area is 120 Å². The van der Waals surface area contributed by atoms with E-state index in [-0.39, 0.29) is 16.6 Å². The third-order valence-corrected chi connectivity index (χ3v) is 3.50. The molecule has 0 amide bonds. The summed E-state index contributed by atoms with van der Waals surface area (Å²) in [4.78, 5) is 23.9. The van der Waals surface area contributed by atoms with Crippen LogP contribution >= 0.6 is 0 Å². The molecule has 0 aliphatic heterocycles. The maximum absolute atomic E-state index is 12.7. The highest BCUT2D eigenvalue weighted by Crippen LogP contribution is 2.24. The lowest BCUT2D eigenvalue weighted by molar-refractivity contribution is 0.112. The Morgan fingerprint density at radius 2 is 1.81 bits per heavy atom. The average molecular weight is 280 g/mol. The van der Waals surface area contributed by atoms with E-state index in [0.29, 0.717) is 28.6 Å². The fourth-order valence-corrected chi connectivity index (χ4v) is 2.34. The highest BCUT2D eigenvalue weighted by atomic mass is 16.3. The van der Waals surface area contributed by atoms with Crippen LogP contribution in [-0.2, 0) is 0 Å². The Hall–Kier alpha value is -2.88. The molecular weight excluding hydrogens is 268 g/mol. The van der Waals surface area contributed by atoms with Gasteiger partial charge in [-0.05, 0) is 36.2 Å². The molecule has 0 unspecified atom stereocenters. The summed E-state index contributed by atoms with van der Waals surface area (Å²) >= 11 is 0.